The van der Waals surface area contributed by atoms with E-state index in [-0.39, 0.29) is 41.7 Å². The Morgan fingerprint density at radius 1 is 1.21 bits per heavy atom. The Bertz CT molecular complexity index is 1110. The van der Waals surface area contributed by atoms with E-state index in [1.807, 2.05) is 5.38 Å². The molecule has 1 heterocycles. The van der Waals surface area contributed by atoms with Gasteiger partial charge in [0.1, 0.15) is 29.9 Å². The first kappa shape index (κ1) is 24.9. The summed E-state index contributed by atoms with van der Waals surface area (Å²) < 4.78 is 50.0. The first-order valence-corrected chi connectivity index (χ1v) is 12.9. The third kappa shape index (κ3) is 6.27. The Morgan fingerprint density at radius 3 is 2.76 bits per heavy atom. The molecule has 0 radical (unpaired) electrons. The minimum atomic E-state index is -0.481. The van der Waals surface area contributed by atoms with Crippen LogP contribution in [0.1, 0.15) is 18.4 Å². The number of hydrogen-bond acceptors (Lipinski definition) is 6. The zero-order chi connectivity index (χ0) is 23.9. The number of nitrogens with zero attached hydrogens (tertiary/aromatic N) is 1. The fraction of sp³-hybridized carbons (Fsp3) is 0.292. The fourth-order valence-corrected chi connectivity index (χ4v) is 5.40. The van der Waals surface area contributed by atoms with Crippen molar-refractivity contribution in [3.05, 3.63) is 75.6 Å². The highest BCUT2D eigenvalue weighted by Gasteiger charge is 2.29. The summed E-state index contributed by atoms with van der Waals surface area (Å²) in [6, 6.07) is 9.00. The third-order valence-corrected chi connectivity index (χ3v) is 7.23. The van der Waals surface area contributed by atoms with Crippen LogP contribution in [0.2, 0.25) is 5.02 Å². The van der Waals surface area contributed by atoms with Crippen LogP contribution in [-0.2, 0) is 0 Å². The molecule has 10 heteroatoms. The van der Waals surface area contributed by atoms with E-state index in [4.69, 9.17) is 16.3 Å². The van der Waals surface area contributed by atoms with Crippen LogP contribution in [0.15, 0.2) is 58.3 Å². The lowest BCUT2D eigenvalue weighted by Gasteiger charge is -2.33. The summed E-state index contributed by atoms with van der Waals surface area (Å²) in [4.78, 5) is 4.42. The van der Waals surface area contributed by atoms with Gasteiger partial charge < -0.3 is 14.8 Å². The maximum Gasteiger partial charge on any atom is 0.147 e. The zero-order valence-electron chi connectivity index (χ0n) is 18.1. The molecule has 2 aromatic carbocycles. The molecule has 2 atom stereocenters. The van der Waals surface area contributed by atoms with Crippen molar-refractivity contribution in [3.8, 4) is 5.75 Å². The molecule has 0 bridgehead atoms. The van der Waals surface area contributed by atoms with Gasteiger partial charge in [-0.15, -0.1) is 11.3 Å². The summed E-state index contributed by atoms with van der Waals surface area (Å²) in [5.41, 5.74) is 3.54. The van der Waals surface area contributed by atoms with Crippen molar-refractivity contribution in [1.29, 1.82) is 0 Å². The monoisotopic (exact) mass is 525 g/mol. The van der Waals surface area contributed by atoms with Gasteiger partial charge in [-0.05, 0) is 54.1 Å². The zero-order valence-corrected chi connectivity index (χ0v) is 20.5. The predicted molar refractivity (Wildman–Crippen MR) is 133 cm³/mol. The lowest BCUT2D eigenvalue weighted by Crippen LogP contribution is -2.42. The molecule has 2 N–H and O–H groups in total. The summed E-state index contributed by atoms with van der Waals surface area (Å²) in [6.45, 7) is -0.0498. The highest BCUT2D eigenvalue weighted by molar-refractivity contribution is 8.00. The number of aromatic nitrogens is 1. The van der Waals surface area contributed by atoms with Crippen LogP contribution in [0.4, 0.5) is 19.0 Å². The summed E-state index contributed by atoms with van der Waals surface area (Å²) in [7, 11) is 0. The van der Waals surface area contributed by atoms with E-state index in [1.54, 1.807) is 17.6 Å². The molecular formula is C24H23ClF3N3OS2. The molecule has 1 aromatic heterocycles. The number of hydrogen-bond donors (Lipinski definition) is 2. The molecule has 0 spiro atoms. The standard InChI is InChI=1S/C24H23ClF3N3OS2/c25-19-10-23(34-31-24-13-33-14-30-24)20(28)11-22(19)32-12-18-17(15-4-6-16(27)7-5-15)2-1-3-21(18)29-9-8-26/h2,4-7,10-11,13-14,18,21,29,31H,1,3,8-9,12H2. The van der Waals surface area contributed by atoms with Crippen molar-refractivity contribution >= 4 is 46.3 Å². The molecule has 0 amide bonds. The summed E-state index contributed by atoms with van der Waals surface area (Å²) in [6.07, 6.45) is 3.71. The molecular weight excluding hydrogens is 503 g/mol. The predicted octanol–water partition coefficient (Wildman–Crippen LogP) is 6.99. The first-order valence-electron chi connectivity index (χ1n) is 10.7. The molecule has 3 aromatic rings. The number of alkyl halides is 1. The minimum Gasteiger partial charge on any atom is -0.491 e. The highest BCUT2D eigenvalue weighted by atomic mass is 35.5. The van der Waals surface area contributed by atoms with Crippen molar-refractivity contribution in [2.45, 2.75) is 23.8 Å². The molecule has 0 fully saturated rings. The smallest absolute Gasteiger partial charge is 0.147 e. The van der Waals surface area contributed by atoms with Crippen LogP contribution >= 0.6 is 34.9 Å². The average Bonchev–Trinajstić information content (AvgIpc) is 3.36. The van der Waals surface area contributed by atoms with Gasteiger partial charge in [0.15, 0.2) is 0 Å². The van der Waals surface area contributed by atoms with E-state index in [2.05, 4.69) is 21.1 Å². The van der Waals surface area contributed by atoms with Crippen LogP contribution in [-0.4, -0.2) is 30.9 Å². The minimum absolute atomic E-state index is 0.0402. The van der Waals surface area contributed by atoms with Gasteiger partial charge in [0, 0.05) is 30.0 Å². The van der Waals surface area contributed by atoms with Gasteiger partial charge in [-0.2, -0.15) is 0 Å². The van der Waals surface area contributed by atoms with Crippen molar-refractivity contribution < 1.29 is 17.9 Å². The van der Waals surface area contributed by atoms with Crippen LogP contribution < -0.4 is 14.8 Å². The van der Waals surface area contributed by atoms with Crippen LogP contribution in [0.5, 0.6) is 5.75 Å². The Balaban J connectivity index is 1.50. The van der Waals surface area contributed by atoms with Crippen molar-refractivity contribution in [2.75, 3.05) is 24.5 Å². The highest BCUT2D eigenvalue weighted by Crippen LogP contribution is 2.37. The van der Waals surface area contributed by atoms with Crippen molar-refractivity contribution in [1.82, 2.24) is 10.3 Å². The molecule has 4 rings (SSSR count). The largest absolute Gasteiger partial charge is 0.491 e. The number of ether oxygens (including phenoxy) is 1. The maximum atomic E-state index is 14.7. The van der Waals surface area contributed by atoms with Crippen LogP contribution in [0.3, 0.4) is 0 Å². The molecule has 1 aliphatic rings. The van der Waals surface area contributed by atoms with Gasteiger partial charge in [-0.3, -0.25) is 0 Å². The van der Waals surface area contributed by atoms with Gasteiger partial charge in [0.05, 0.1) is 22.0 Å². The number of benzene rings is 2. The molecule has 34 heavy (non-hydrogen) atoms. The van der Waals surface area contributed by atoms with E-state index in [1.165, 1.54) is 35.6 Å². The SMILES string of the molecule is FCCNC1CCC=C(c2ccc(F)cc2)C1COc1cc(F)c(SNc2cscn2)cc1Cl. The molecule has 4 nitrogen and oxygen atoms in total. The maximum absolute atomic E-state index is 14.7. The van der Waals surface area contributed by atoms with Gasteiger partial charge in [-0.1, -0.05) is 29.8 Å². The normalized spacial score (nSPS) is 17.9. The third-order valence-electron chi connectivity index (χ3n) is 5.51. The van der Waals surface area contributed by atoms with Crippen LogP contribution in [0.25, 0.3) is 5.57 Å². The lowest BCUT2D eigenvalue weighted by atomic mass is 9.80. The molecule has 2 unspecified atom stereocenters. The fourth-order valence-electron chi connectivity index (χ4n) is 3.90. The lowest BCUT2D eigenvalue weighted by molar-refractivity contribution is 0.232. The van der Waals surface area contributed by atoms with Gasteiger partial charge in [0.25, 0.3) is 0 Å². The van der Waals surface area contributed by atoms with Crippen molar-refractivity contribution in [3.63, 3.8) is 0 Å². The summed E-state index contributed by atoms with van der Waals surface area (Å²) >= 11 is 8.91. The summed E-state index contributed by atoms with van der Waals surface area (Å²) in [5, 5.41) is 5.33. The quantitative estimate of drug-likeness (QED) is 0.279. The van der Waals surface area contributed by atoms with Gasteiger partial charge in [0.2, 0.25) is 0 Å². The first-order chi connectivity index (χ1) is 16.5. The Kier molecular flexibility index (Phi) is 8.77. The number of allylic oxidation sites excluding steroid dienone is 1. The van der Waals surface area contributed by atoms with E-state index in [0.717, 1.165) is 35.9 Å². The number of nitrogens with one attached hydrogen (secondary N) is 2. The second kappa shape index (κ2) is 12.0. The van der Waals surface area contributed by atoms with E-state index < -0.39 is 12.5 Å². The molecule has 0 saturated carbocycles. The van der Waals surface area contributed by atoms with Crippen LogP contribution in [0, 0.1) is 17.6 Å². The Hall–Kier alpha value is -2.20. The van der Waals surface area contributed by atoms with Gasteiger partial charge in [-0.25, -0.2) is 18.2 Å². The number of halogens is 4. The molecule has 180 valence electrons. The van der Waals surface area contributed by atoms with E-state index in [9.17, 15) is 13.2 Å². The molecule has 0 aliphatic heterocycles. The second-order valence-electron chi connectivity index (χ2n) is 7.70. The second-order valence-corrected chi connectivity index (χ2v) is 9.68. The molecule has 0 saturated heterocycles. The van der Waals surface area contributed by atoms with Gasteiger partial charge >= 0.3 is 0 Å². The molecule has 1 aliphatic carbocycles. The average molecular weight is 526 g/mol. The number of anilines is 1. The summed E-state index contributed by atoms with van der Waals surface area (Å²) in [5.74, 6) is -0.0764. The topological polar surface area (TPSA) is 46.2 Å². The van der Waals surface area contributed by atoms with E-state index >= 15 is 0 Å². The number of rotatable bonds is 10. The Labute approximate surface area is 209 Å². The Morgan fingerprint density at radius 2 is 2.03 bits per heavy atom. The number of thiazole rings is 1. The van der Waals surface area contributed by atoms with E-state index in [0.29, 0.717) is 10.7 Å². The van der Waals surface area contributed by atoms with Crippen molar-refractivity contribution in [2.24, 2.45) is 5.92 Å².